The number of likely N-dealkylation sites (N-methyl/N-ethyl adjacent to an activating group) is 1. The minimum Gasteiger partial charge on any atom is -0.299 e. The zero-order chi connectivity index (χ0) is 20.1. The van der Waals surface area contributed by atoms with Crippen LogP contribution in [0.25, 0.3) is 0 Å². The molecule has 1 aliphatic rings. The van der Waals surface area contributed by atoms with Crippen LogP contribution in [-0.4, -0.2) is 39.7 Å². The van der Waals surface area contributed by atoms with Gasteiger partial charge in [0.05, 0.1) is 14.7 Å². The topological polar surface area (TPSA) is 75.5 Å². The minimum atomic E-state index is -1.52. The summed E-state index contributed by atoms with van der Waals surface area (Å²) in [5, 5.41) is 11.5. The van der Waals surface area contributed by atoms with Crippen molar-refractivity contribution in [3.05, 3.63) is 58.4 Å². The fourth-order valence-corrected chi connectivity index (χ4v) is 5.09. The molecule has 28 heavy (non-hydrogen) atoms. The van der Waals surface area contributed by atoms with E-state index in [1.165, 1.54) is 30.0 Å². The number of rotatable bonds is 8. The maximum Gasteiger partial charge on any atom is 0.284 e. The van der Waals surface area contributed by atoms with E-state index in [-0.39, 0.29) is 11.5 Å². The van der Waals surface area contributed by atoms with Crippen molar-refractivity contribution in [3.8, 4) is 0 Å². The molecular weight excluding hydrogens is 401 g/mol. The predicted octanol–water partition coefficient (Wildman–Crippen LogP) is 3.98. The summed E-state index contributed by atoms with van der Waals surface area (Å²) >= 11 is 1.17. The molecule has 2 unspecified atom stereocenters. The van der Waals surface area contributed by atoms with Crippen molar-refractivity contribution in [2.45, 2.75) is 40.5 Å². The first kappa shape index (κ1) is 20.9. The summed E-state index contributed by atoms with van der Waals surface area (Å²) in [6.07, 6.45) is 2.19. The number of nitro groups is 1. The first-order valence-corrected chi connectivity index (χ1v) is 11.1. The maximum absolute atomic E-state index is 13.0. The molecule has 3 rings (SSSR count). The number of halogens is 1. The SMILES string of the molecule is CCN1CCCC1CNS(=O)c1ccc(Sc2ccc(F)cc2)c([N+](=O)[O-])c1. The molecular formula is C19H22FN3O3S2. The number of hydrogen-bond donors (Lipinski definition) is 1. The Kier molecular flexibility index (Phi) is 7.17. The molecule has 1 aliphatic heterocycles. The molecule has 1 fully saturated rings. The second-order valence-electron chi connectivity index (χ2n) is 6.48. The summed E-state index contributed by atoms with van der Waals surface area (Å²) in [6.45, 7) is 4.70. The van der Waals surface area contributed by atoms with Gasteiger partial charge in [-0.05, 0) is 62.3 Å². The highest BCUT2D eigenvalue weighted by atomic mass is 32.2. The lowest BCUT2D eigenvalue weighted by Gasteiger charge is -2.22. The van der Waals surface area contributed by atoms with Crippen LogP contribution in [0.3, 0.4) is 0 Å². The zero-order valence-electron chi connectivity index (χ0n) is 15.5. The van der Waals surface area contributed by atoms with Crippen molar-refractivity contribution in [1.29, 1.82) is 0 Å². The van der Waals surface area contributed by atoms with Gasteiger partial charge in [0.15, 0.2) is 0 Å². The molecule has 0 saturated carbocycles. The standard InChI is InChI=1S/C19H22FN3O3S2/c1-2-22-11-3-4-15(22)13-21-28(26)17-9-10-19(18(12-17)23(24)25)27-16-7-5-14(20)6-8-16/h5-10,12,15,21H,2-4,11,13H2,1H3. The van der Waals surface area contributed by atoms with E-state index in [9.17, 15) is 18.7 Å². The Labute approximate surface area is 170 Å². The van der Waals surface area contributed by atoms with Gasteiger partial charge in [-0.15, -0.1) is 0 Å². The average molecular weight is 424 g/mol. The quantitative estimate of drug-likeness (QED) is 0.513. The van der Waals surface area contributed by atoms with Gasteiger partial charge in [-0.3, -0.25) is 15.0 Å². The molecule has 2 aromatic carbocycles. The van der Waals surface area contributed by atoms with Crippen LogP contribution in [-0.2, 0) is 11.0 Å². The van der Waals surface area contributed by atoms with Crippen molar-refractivity contribution in [1.82, 2.24) is 9.62 Å². The van der Waals surface area contributed by atoms with Crippen LogP contribution in [0.15, 0.2) is 57.2 Å². The van der Waals surface area contributed by atoms with E-state index in [2.05, 4.69) is 16.5 Å². The lowest BCUT2D eigenvalue weighted by atomic mass is 10.2. The summed E-state index contributed by atoms with van der Waals surface area (Å²) in [7, 11) is -1.52. The van der Waals surface area contributed by atoms with E-state index in [0.717, 1.165) is 25.9 Å². The van der Waals surface area contributed by atoms with E-state index in [1.54, 1.807) is 24.3 Å². The first-order chi connectivity index (χ1) is 13.5. The molecule has 0 spiro atoms. The van der Waals surface area contributed by atoms with Crippen LogP contribution in [0.4, 0.5) is 10.1 Å². The number of nitrogens with one attached hydrogen (secondary N) is 1. The van der Waals surface area contributed by atoms with Crippen LogP contribution in [0.5, 0.6) is 0 Å². The van der Waals surface area contributed by atoms with Gasteiger partial charge in [0, 0.05) is 23.5 Å². The highest BCUT2D eigenvalue weighted by Crippen LogP contribution is 2.35. The van der Waals surface area contributed by atoms with Gasteiger partial charge >= 0.3 is 0 Å². The van der Waals surface area contributed by atoms with Crippen molar-refractivity contribution in [3.63, 3.8) is 0 Å². The second kappa shape index (κ2) is 9.60. The summed E-state index contributed by atoms with van der Waals surface area (Å²) in [4.78, 5) is 14.8. The Morgan fingerprint density at radius 2 is 2.07 bits per heavy atom. The van der Waals surface area contributed by atoms with Gasteiger partial charge in [-0.2, -0.15) is 0 Å². The molecule has 1 N–H and O–H groups in total. The molecule has 1 saturated heterocycles. The summed E-state index contributed by atoms with van der Waals surface area (Å²) in [5.41, 5.74) is -0.113. The van der Waals surface area contributed by atoms with E-state index in [4.69, 9.17) is 0 Å². The third-order valence-corrected chi connectivity index (χ3v) is 6.92. The molecule has 0 amide bonds. The average Bonchev–Trinajstić information content (AvgIpc) is 3.15. The van der Waals surface area contributed by atoms with Crippen LogP contribution >= 0.6 is 11.8 Å². The number of hydrogen-bond acceptors (Lipinski definition) is 5. The van der Waals surface area contributed by atoms with E-state index in [0.29, 0.717) is 27.3 Å². The van der Waals surface area contributed by atoms with Gasteiger partial charge in [-0.1, -0.05) is 18.7 Å². The molecule has 0 aromatic heterocycles. The number of nitrogens with zero attached hydrogens (tertiary/aromatic N) is 2. The van der Waals surface area contributed by atoms with Crippen LogP contribution in [0.2, 0.25) is 0 Å². The minimum absolute atomic E-state index is 0.113. The third-order valence-electron chi connectivity index (χ3n) is 4.74. The van der Waals surface area contributed by atoms with Crippen molar-refractivity contribution >= 4 is 28.4 Å². The second-order valence-corrected chi connectivity index (χ2v) is 8.90. The van der Waals surface area contributed by atoms with Gasteiger partial charge < -0.3 is 0 Å². The first-order valence-electron chi connectivity index (χ1n) is 9.09. The van der Waals surface area contributed by atoms with Crippen LogP contribution in [0.1, 0.15) is 19.8 Å². The zero-order valence-corrected chi connectivity index (χ0v) is 17.1. The Morgan fingerprint density at radius 1 is 1.32 bits per heavy atom. The smallest absolute Gasteiger partial charge is 0.284 e. The third kappa shape index (κ3) is 5.16. The molecule has 0 aliphatic carbocycles. The lowest BCUT2D eigenvalue weighted by molar-refractivity contribution is -0.388. The van der Waals surface area contributed by atoms with Crippen molar-refractivity contribution in [2.75, 3.05) is 19.6 Å². The van der Waals surface area contributed by atoms with Crippen molar-refractivity contribution in [2.24, 2.45) is 0 Å². The largest absolute Gasteiger partial charge is 0.299 e. The maximum atomic E-state index is 13.0. The van der Waals surface area contributed by atoms with Crippen LogP contribution in [0, 0.1) is 15.9 Å². The number of nitro benzene ring substituents is 1. The van der Waals surface area contributed by atoms with Gasteiger partial charge in [0.1, 0.15) is 16.8 Å². The summed E-state index contributed by atoms with van der Waals surface area (Å²) in [6, 6.07) is 10.7. The van der Waals surface area contributed by atoms with E-state index >= 15 is 0 Å². The molecule has 150 valence electrons. The van der Waals surface area contributed by atoms with E-state index < -0.39 is 15.9 Å². The number of benzene rings is 2. The predicted molar refractivity (Wildman–Crippen MR) is 108 cm³/mol. The van der Waals surface area contributed by atoms with Gasteiger partial charge in [0.25, 0.3) is 5.69 Å². The summed E-state index contributed by atoms with van der Waals surface area (Å²) < 4.78 is 28.6. The van der Waals surface area contributed by atoms with Gasteiger partial charge in [-0.25, -0.2) is 13.3 Å². The van der Waals surface area contributed by atoms with Crippen LogP contribution < -0.4 is 4.72 Å². The number of likely N-dealkylation sites (tertiary alicyclic amines) is 1. The lowest BCUT2D eigenvalue weighted by Crippen LogP contribution is -2.38. The molecule has 0 bridgehead atoms. The highest BCUT2D eigenvalue weighted by Gasteiger charge is 2.24. The normalized spacial score (nSPS) is 18.3. The summed E-state index contributed by atoms with van der Waals surface area (Å²) in [5.74, 6) is -0.362. The Bertz CT molecular complexity index is 864. The molecule has 1 heterocycles. The van der Waals surface area contributed by atoms with Gasteiger partial charge in [0.2, 0.25) is 0 Å². The Balaban J connectivity index is 1.71. The molecule has 2 atom stereocenters. The molecule has 6 nitrogen and oxygen atoms in total. The molecule has 2 aromatic rings. The Hall–Kier alpha value is -1.81. The van der Waals surface area contributed by atoms with E-state index in [1.807, 2.05) is 0 Å². The highest BCUT2D eigenvalue weighted by molar-refractivity contribution is 7.99. The fraction of sp³-hybridized carbons (Fsp3) is 0.368. The Morgan fingerprint density at radius 3 is 2.75 bits per heavy atom. The monoisotopic (exact) mass is 423 g/mol. The fourth-order valence-electron chi connectivity index (χ4n) is 3.27. The molecule has 0 radical (unpaired) electrons. The molecule has 9 heteroatoms. The van der Waals surface area contributed by atoms with Crippen molar-refractivity contribution < 1.29 is 13.5 Å².